The first-order valence-electron chi connectivity index (χ1n) is 10.7. The van der Waals surface area contributed by atoms with E-state index in [9.17, 15) is 5.11 Å². The number of aliphatic hydroxyl groups is 1. The summed E-state index contributed by atoms with van der Waals surface area (Å²) in [5.41, 5.74) is 2.38. The predicted octanol–water partition coefficient (Wildman–Crippen LogP) is 5.52. The second-order valence-electron chi connectivity index (χ2n) is 8.00. The summed E-state index contributed by atoms with van der Waals surface area (Å²) in [6.45, 7) is 8.44. The van der Waals surface area contributed by atoms with Crippen molar-refractivity contribution in [1.82, 2.24) is 4.90 Å². The molecule has 0 radical (unpaired) electrons. The Kier molecular flexibility index (Phi) is 7.57. The van der Waals surface area contributed by atoms with Crippen LogP contribution in [0.3, 0.4) is 0 Å². The first kappa shape index (κ1) is 20.9. The molecule has 2 aliphatic rings. The Morgan fingerprint density at radius 1 is 1.29 bits per heavy atom. The third-order valence-corrected chi connectivity index (χ3v) is 5.76. The number of rotatable bonds is 12. The smallest absolute Gasteiger partial charge is 0.122 e. The van der Waals surface area contributed by atoms with Crippen LogP contribution in [0.15, 0.2) is 42.7 Å². The van der Waals surface area contributed by atoms with Gasteiger partial charge in [-0.15, -0.1) is 0 Å². The Morgan fingerprint density at radius 2 is 2.07 bits per heavy atom. The van der Waals surface area contributed by atoms with Gasteiger partial charge in [-0.3, -0.25) is 4.90 Å². The number of nitrogens with zero attached hydrogens (tertiary/aromatic N) is 1. The van der Waals surface area contributed by atoms with Crippen LogP contribution >= 0.6 is 0 Å². The van der Waals surface area contributed by atoms with Gasteiger partial charge in [0.1, 0.15) is 11.5 Å². The molecule has 1 aromatic carbocycles. The molecule has 0 bridgehead atoms. The van der Waals surface area contributed by atoms with Crippen molar-refractivity contribution in [2.24, 2.45) is 0 Å². The largest absolute Gasteiger partial charge is 0.511 e. The third-order valence-electron chi connectivity index (χ3n) is 5.76. The Balaban J connectivity index is 1.53. The topological polar surface area (TPSA) is 41.9 Å². The molecule has 1 aliphatic carbocycles. The maximum atomic E-state index is 10.4. The monoisotopic (exact) mass is 385 g/mol. The Hall–Kier alpha value is -1.78. The zero-order valence-corrected chi connectivity index (χ0v) is 17.4. The van der Waals surface area contributed by atoms with Gasteiger partial charge >= 0.3 is 0 Å². The summed E-state index contributed by atoms with van der Waals surface area (Å²) in [5.74, 6) is 1.68. The van der Waals surface area contributed by atoms with Crippen LogP contribution in [0.1, 0.15) is 68.5 Å². The van der Waals surface area contributed by atoms with Crippen LogP contribution < -0.4 is 4.74 Å². The molecule has 2 fully saturated rings. The van der Waals surface area contributed by atoms with E-state index in [2.05, 4.69) is 36.6 Å². The van der Waals surface area contributed by atoms with Crippen molar-refractivity contribution in [2.45, 2.75) is 63.5 Å². The molecule has 1 unspecified atom stereocenters. The molecule has 1 atom stereocenters. The minimum Gasteiger partial charge on any atom is -0.511 e. The molecular formula is C24H35NO3. The molecular weight excluding hydrogens is 350 g/mol. The zero-order chi connectivity index (χ0) is 19.9. The van der Waals surface area contributed by atoms with Crippen LogP contribution in [0, 0.1) is 0 Å². The second kappa shape index (κ2) is 10.1. The number of ether oxygens (including phenoxy) is 2. The molecule has 1 saturated heterocycles. The summed E-state index contributed by atoms with van der Waals surface area (Å²) in [7, 11) is 1.72. The highest BCUT2D eigenvalue weighted by Crippen LogP contribution is 2.49. The standard InChI is InChI=1S/C24H35NO3/c1-4-5-6-7-8-9-15-28-20-16-25(17-20)24(18(2)26)21-11-10-12-22(27-3)23(21)19-13-14-19/h4-5,10-12,19-20,24,26H,2,6-9,13-17H2,1,3H3/b5-4-. The van der Waals surface area contributed by atoms with Gasteiger partial charge in [0.25, 0.3) is 0 Å². The van der Waals surface area contributed by atoms with Gasteiger partial charge in [-0.05, 0) is 56.6 Å². The second-order valence-corrected chi connectivity index (χ2v) is 8.00. The van der Waals surface area contributed by atoms with Gasteiger partial charge in [0.05, 0.1) is 19.3 Å². The molecule has 28 heavy (non-hydrogen) atoms. The van der Waals surface area contributed by atoms with E-state index in [0.717, 1.165) is 43.9 Å². The number of hydrogen-bond acceptors (Lipinski definition) is 4. The van der Waals surface area contributed by atoms with E-state index in [1.807, 2.05) is 12.1 Å². The third kappa shape index (κ3) is 5.18. The number of unbranched alkanes of at least 4 members (excludes halogenated alkanes) is 3. The maximum absolute atomic E-state index is 10.4. The maximum Gasteiger partial charge on any atom is 0.122 e. The van der Waals surface area contributed by atoms with Gasteiger partial charge < -0.3 is 14.6 Å². The van der Waals surface area contributed by atoms with Crippen LogP contribution in [-0.2, 0) is 4.74 Å². The van der Waals surface area contributed by atoms with E-state index >= 15 is 0 Å². The highest BCUT2D eigenvalue weighted by molar-refractivity contribution is 5.48. The van der Waals surface area contributed by atoms with E-state index in [1.54, 1.807) is 7.11 Å². The fourth-order valence-corrected chi connectivity index (χ4v) is 4.12. The van der Waals surface area contributed by atoms with Crippen LogP contribution in [0.2, 0.25) is 0 Å². The van der Waals surface area contributed by atoms with E-state index in [4.69, 9.17) is 9.47 Å². The molecule has 0 spiro atoms. The SMILES string of the molecule is C=C(O)C(c1cccc(OC)c1C1CC1)N1CC(OCCCCC/C=C\C)C1. The highest BCUT2D eigenvalue weighted by Gasteiger charge is 2.39. The molecule has 154 valence electrons. The quantitative estimate of drug-likeness (QED) is 0.292. The first-order valence-corrected chi connectivity index (χ1v) is 10.7. The molecule has 3 rings (SSSR count). The predicted molar refractivity (Wildman–Crippen MR) is 114 cm³/mol. The molecule has 4 nitrogen and oxygen atoms in total. The fourth-order valence-electron chi connectivity index (χ4n) is 4.12. The summed E-state index contributed by atoms with van der Waals surface area (Å²) in [6.07, 6.45) is 11.7. The van der Waals surface area contributed by atoms with Crippen molar-refractivity contribution in [2.75, 3.05) is 26.8 Å². The van der Waals surface area contributed by atoms with Gasteiger partial charge in [-0.2, -0.15) is 0 Å². The van der Waals surface area contributed by atoms with Crippen molar-refractivity contribution < 1.29 is 14.6 Å². The van der Waals surface area contributed by atoms with Crippen LogP contribution in [0.5, 0.6) is 5.75 Å². The molecule has 4 heteroatoms. The molecule has 0 aromatic heterocycles. The minimum absolute atomic E-state index is 0.175. The van der Waals surface area contributed by atoms with Gasteiger partial charge in [0.15, 0.2) is 0 Å². The van der Waals surface area contributed by atoms with Crippen LogP contribution in [0.25, 0.3) is 0 Å². The summed E-state index contributed by atoms with van der Waals surface area (Å²) in [6, 6.07) is 5.97. The summed E-state index contributed by atoms with van der Waals surface area (Å²) >= 11 is 0. The average molecular weight is 386 g/mol. The van der Waals surface area contributed by atoms with E-state index in [0.29, 0.717) is 5.92 Å². The van der Waals surface area contributed by atoms with Crippen molar-refractivity contribution in [1.29, 1.82) is 0 Å². The molecule has 0 amide bonds. The normalized spacial score (nSPS) is 18.9. The zero-order valence-electron chi connectivity index (χ0n) is 17.4. The van der Waals surface area contributed by atoms with Crippen molar-refractivity contribution >= 4 is 0 Å². The number of aliphatic hydroxyl groups excluding tert-OH is 1. The van der Waals surface area contributed by atoms with Crippen LogP contribution in [-0.4, -0.2) is 42.9 Å². The minimum atomic E-state index is -0.175. The summed E-state index contributed by atoms with van der Waals surface area (Å²) < 4.78 is 11.6. The fraction of sp³-hybridized carbons (Fsp3) is 0.583. The van der Waals surface area contributed by atoms with Gasteiger partial charge in [0, 0.05) is 25.3 Å². The average Bonchev–Trinajstić information content (AvgIpc) is 3.49. The first-order chi connectivity index (χ1) is 13.7. The number of likely N-dealkylation sites (tertiary alicyclic amines) is 1. The van der Waals surface area contributed by atoms with E-state index in [1.165, 1.54) is 31.2 Å². The molecule has 1 aromatic rings. The molecule has 1 aliphatic heterocycles. The Morgan fingerprint density at radius 3 is 2.71 bits per heavy atom. The number of allylic oxidation sites excluding steroid dienone is 2. The Bertz CT molecular complexity index is 674. The molecule has 1 saturated carbocycles. The highest BCUT2D eigenvalue weighted by atomic mass is 16.5. The van der Waals surface area contributed by atoms with E-state index in [-0.39, 0.29) is 17.9 Å². The lowest BCUT2D eigenvalue weighted by Gasteiger charge is -2.44. The lowest BCUT2D eigenvalue weighted by Crippen LogP contribution is -2.54. The van der Waals surface area contributed by atoms with E-state index < -0.39 is 0 Å². The number of hydrogen-bond donors (Lipinski definition) is 1. The van der Waals surface area contributed by atoms with Crippen LogP contribution in [0.4, 0.5) is 0 Å². The molecule has 1 N–H and O–H groups in total. The number of benzene rings is 1. The van der Waals surface area contributed by atoms with Crippen molar-refractivity contribution in [3.63, 3.8) is 0 Å². The lowest BCUT2D eigenvalue weighted by atomic mass is 9.92. The summed E-state index contributed by atoms with van der Waals surface area (Å²) in [5, 5.41) is 10.4. The Labute approximate surface area is 169 Å². The van der Waals surface area contributed by atoms with Gasteiger partial charge in [0.2, 0.25) is 0 Å². The van der Waals surface area contributed by atoms with Gasteiger partial charge in [-0.25, -0.2) is 0 Å². The lowest BCUT2D eigenvalue weighted by molar-refractivity contribution is -0.0727. The summed E-state index contributed by atoms with van der Waals surface area (Å²) in [4.78, 5) is 2.26. The number of methoxy groups -OCH3 is 1. The van der Waals surface area contributed by atoms with Gasteiger partial charge in [-0.1, -0.05) is 37.3 Å². The van der Waals surface area contributed by atoms with Crippen molar-refractivity contribution in [3.05, 3.63) is 53.8 Å². The van der Waals surface area contributed by atoms with Crippen molar-refractivity contribution in [3.8, 4) is 5.75 Å². The molecule has 1 heterocycles.